The quantitative estimate of drug-likeness (QED) is 0.620. The van der Waals surface area contributed by atoms with E-state index in [-0.39, 0.29) is 25.2 Å². The number of carbonyl (C=O) groups is 3. The van der Waals surface area contributed by atoms with Gasteiger partial charge in [0, 0.05) is 12.5 Å². The molecule has 2 atom stereocenters. The van der Waals surface area contributed by atoms with Crippen LogP contribution in [0.2, 0.25) is 0 Å². The summed E-state index contributed by atoms with van der Waals surface area (Å²) < 4.78 is 3.67. The summed E-state index contributed by atoms with van der Waals surface area (Å²) in [6.45, 7) is 3.61. The van der Waals surface area contributed by atoms with Crippen molar-refractivity contribution in [2.24, 2.45) is 0 Å². The molecule has 0 aromatic heterocycles. The highest BCUT2D eigenvalue weighted by atomic mass is 35.6. The average molecular weight is 414 g/mol. The molecule has 0 radical (unpaired) electrons. The Bertz CT molecular complexity index is 546. The number of nitrogens with zero attached hydrogens (tertiary/aromatic N) is 1. The topological polar surface area (TPSA) is 75.7 Å². The lowest BCUT2D eigenvalue weighted by Gasteiger charge is -2.29. The highest BCUT2D eigenvalue weighted by Gasteiger charge is 2.41. The van der Waals surface area contributed by atoms with Gasteiger partial charge in [-0.15, -0.1) is 0 Å². The van der Waals surface area contributed by atoms with E-state index < -0.39 is 27.7 Å². The highest BCUT2D eigenvalue weighted by molar-refractivity contribution is 6.67. The molecule has 1 aliphatic heterocycles. The van der Waals surface area contributed by atoms with Crippen LogP contribution in [0.25, 0.3) is 0 Å². The van der Waals surface area contributed by atoms with Gasteiger partial charge >= 0.3 is 0 Å². The number of amides is 3. The first-order valence-electron chi connectivity index (χ1n) is 8.13. The first kappa shape index (κ1) is 22.1. The number of carbonyl (C=O) groups excluding carboxylic acids is 3. The zero-order valence-electron chi connectivity index (χ0n) is 14.5. The van der Waals surface area contributed by atoms with Gasteiger partial charge in [0.1, 0.15) is 11.8 Å². The van der Waals surface area contributed by atoms with Gasteiger partial charge in [0.2, 0.25) is 5.91 Å². The van der Waals surface area contributed by atoms with E-state index in [0.29, 0.717) is 12.2 Å². The molecule has 25 heavy (non-hydrogen) atoms. The van der Waals surface area contributed by atoms with Crippen LogP contribution in [0.5, 0.6) is 0 Å². The Morgan fingerprint density at radius 1 is 1.36 bits per heavy atom. The van der Waals surface area contributed by atoms with Crippen LogP contribution in [-0.4, -0.2) is 45.6 Å². The van der Waals surface area contributed by atoms with E-state index in [1.54, 1.807) is 6.92 Å². The molecule has 1 N–H and O–H groups in total. The SMILES string of the molecule is CCC[C@@H]1C(OC)=CC(=O)N1C(=O)[C@@H](CCC(Cl)(Cl)Cl)NC(=O)CC. The summed E-state index contributed by atoms with van der Waals surface area (Å²) in [5.74, 6) is -0.879. The summed E-state index contributed by atoms with van der Waals surface area (Å²) in [7, 11) is 1.45. The Labute approximate surface area is 162 Å². The number of nitrogens with one attached hydrogen (secondary N) is 1. The van der Waals surface area contributed by atoms with Gasteiger partial charge in [-0.1, -0.05) is 55.1 Å². The van der Waals surface area contributed by atoms with Crippen LogP contribution in [0, 0.1) is 0 Å². The Hall–Kier alpha value is -0.980. The van der Waals surface area contributed by atoms with E-state index in [1.807, 2.05) is 6.92 Å². The smallest absolute Gasteiger partial charge is 0.257 e. The number of methoxy groups -OCH3 is 1. The zero-order valence-corrected chi connectivity index (χ0v) is 16.7. The van der Waals surface area contributed by atoms with Crippen LogP contribution >= 0.6 is 34.8 Å². The third-order valence-corrected chi connectivity index (χ3v) is 4.42. The van der Waals surface area contributed by atoms with Crippen molar-refractivity contribution in [3.63, 3.8) is 0 Å². The van der Waals surface area contributed by atoms with E-state index >= 15 is 0 Å². The molecule has 0 unspecified atom stereocenters. The lowest BCUT2D eigenvalue weighted by atomic mass is 10.1. The van der Waals surface area contributed by atoms with Crippen LogP contribution in [-0.2, 0) is 19.1 Å². The second-order valence-corrected chi connectivity index (χ2v) is 8.25. The van der Waals surface area contributed by atoms with Gasteiger partial charge in [-0.3, -0.25) is 19.3 Å². The first-order chi connectivity index (χ1) is 11.6. The van der Waals surface area contributed by atoms with Crippen LogP contribution in [0.4, 0.5) is 0 Å². The molecule has 0 spiro atoms. The number of rotatable bonds is 8. The zero-order chi connectivity index (χ0) is 19.2. The molecular formula is C16H23Cl3N2O4. The fourth-order valence-corrected chi connectivity index (χ4v) is 2.93. The molecule has 1 rings (SSSR count). The Morgan fingerprint density at radius 2 is 2.00 bits per heavy atom. The molecule has 142 valence electrons. The van der Waals surface area contributed by atoms with Crippen molar-refractivity contribution in [3.05, 3.63) is 11.8 Å². The van der Waals surface area contributed by atoms with Crippen molar-refractivity contribution in [2.45, 2.75) is 61.8 Å². The lowest BCUT2D eigenvalue weighted by Crippen LogP contribution is -2.52. The first-order valence-corrected chi connectivity index (χ1v) is 9.26. The monoisotopic (exact) mass is 412 g/mol. The number of ether oxygens (including phenoxy) is 1. The van der Waals surface area contributed by atoms with Crippen molar-refractivity contribution < 1.29 is 19.1 Å². The van der Waals surface area contributed by atoms with Gasteiger partial charge in [0.15, 0.2) is 3.79 Å². The molecule has 3 amide bonds. The lowest BCUT2D eigenvalue weighted by molar-refractivity contribution is -0.146. The minimum absolute atomic E-state index is 0.0586. The summed E-state index contributed by atoms with van der Waals surface area (Å²) in [6, 6.07) is -1.43. The number of imide groups is 1. The van der Waals surface area contributed by atoms with Crippen LogP contribution in [0.1, 0.15) is 46.0 Å². The molecule has 6 nitrogen and oxygen atoms in total. The number of halogens is 3. The molecule has 9 heteroatoms. The molecule has 0 saturated heterocycles. The molecule has 0 fully saturated rings. The van der Waals surface area contributed by atoms with E-state index in [2.05, 4.69) is 5.32 Å². The van der Waals surface area contributed by atoms with Crippen LogP contribution < -0.4 is 5.32 Å². The van der Waals surface area contributed by atoms with Gasteiger partial charge < -0.3 is 10.1 Å². The van der Waals surface area contributed by atoms with E-state index in [1.165, 1.54) is 13.2 Å². The summed E-state index contributed by atoms with van der Waals surface area (Å²) in [6.07, 6.45) is 2.98. The van der Waals surface area contributed by atoms with Gasteiger partial charge in [-0.05, 0) is 19.3 Å². The predicted octanol–water partition coefficient (Wildman–Crippen LogP) is 3.10. The molecule has 0 aromatic carbocycles. The molecule has 0 saturated carbocycles. The van der Waals surface area contributed by atoms with E-state index in [4.69, 9.17) is 39.5 Å². The fourth-order valence-electron chi connectivity index (χ4n) is 2.60. The van der Waals surface area contributed by atoms with Crippen molar-refractivity contribution >= 4 is 52.5 Å². The van der Waals surface area contributed by atoms with Crippen LogP contribution in [0.3, 0.4) is 0 Å². The van der Waals surface area contributed by atoms with Crippen molar-refractivity contribution in [1.29, 1.82) is 0 Å². The Morgan fingerprint density at radius 3 is 2.48 bits per heavy atom. The second-order valence-electron chi connectivity index (χ2n) is 5.73. The van der Waals surface area contributed by atoms with E-state index in [0.717, 1.165) is 11.3 Å². The van der Waals surface area contributed by atoms with Gasteiger partial charge in [0.25, 0.3) is 11.8 Å². The Balaban J connectivity index is 3.01. The van der Waals surface area contributed by atoms with Gasteiger partial charge in [-0.25, -0.2) is 0 Å². The summed E-state index contributed by atoms with van der Waals surface area (Å²) in [4.78, 5) is 38.1. The van der Waals surface area contributed by atoms with Gasteiger partial charge in [0.05, 0.1) is 13.2 Å². The van der Waals surface area contributed by atoms with Gasteiger partial charge in [-0.2, -0.15) is 0 Å². The summed E-state index contributed by atoms with van der Waals surface area (Å²) >= 11 is 17.3. The number of alkyl halides is 3. The van der Waals surface area contributed by atoms with Crippen molar-refractivity contribution in [3.8, 4) is 0 Å². The molecular weight excluding hydrogens is 391 g/mol. The molecule has 1 heterocycles. The van der Waals surface area contributed by atoms with Crippen molar-refractivity contribution in [2.75, 3.05) is 7.11 Å². The maximum absolute atomic E-state index is 12.9. The predicted molar refractivity (Wildman–Crippen MR) is 97.4 cm³/mol. The number of hydrogen-bond acceptors (Lipinski definition) is 4. The van der Waals surface area contributed by atoms with E-state index in [9.17, 15) is 14.4 Å². The third-order valence-electron chi connectivity index (χ3n) is 3.85. The third kappa shape index (κ3) is 6.35. The Kier molecular flexibility index (Phi) is 8.51. The summed E-state index contributed by atoms with van der Waals surface area (Å²) in [5.41, 5.74) is 0. The fraction of sp³-hybridized carbons (Fsp3) is 0.688. The average Bonchev–Trinajstić information content (AvgIpc) is 2.85. The summed E-state index contributed by atoms with van der Waals surface area (Å²) in [5, 5.41) is 2.61. The maximum atomic E-state index is 12.9. The van der Waals surface area contributed by atoms with Crippen LogP contribution in [0.15, 0.2) is 11.8 Å². The maximum Gasteiger partial charge on any atom is 0.257 e. The largest absolute Gasteiger partial charge is 0.499 e. The number of hydrogen-bond donors (Lipinski definition) is 1. The molecule has 0 aliphatic carbocycles. The minimum Gasteiger partial charge on any atom is -0.499 e. The standard InChI is InChI=1S/C16H23Cl3N2O4/c1-4-6-11-12(25-3)9-14(23)21(11)15(24)10(20-13(22)5-2)7-8-16(17,18)19/h9-11H,4-8H2,1-3H3,(H,20,22)/t10-,11-/m1/s1. The molecule has 0 bridgehead atoms. The molecule has 0 aromatic rings. The highest BCUT2D eigenvalue weighted by Crippen LogP contribution is 2.32. The second kappa shape index (κ2) is 9.64. The van der Waals surface area contributed by atoms with Crippen molar-refractivity contribution in [1.82, 2.24) is 10.2 Å². The molecule has 1 aliphatic rings. The minimum atomic E-state index is -1.55. The normalized spacial score (nSPS) is 18.8.